The van der Waals surface area contributed by atoms with Gasteiger partial charge in [-0.3, -0.25) is 4.79 Å². The highest BCUT2D eigenvalue weighted by atomic mass is 35.5. The Morgan fingerprint density at radius 1 is 1.00 bits per heavy atom. The number of rotatable bonds is 2. The van der Waals surface area contributed by atoms with Gasteiger partial charge in [0.05, 0.1) is 10.6 Å². The zero-order chi connectivity index (χ0) is 14.2. The minimum atomic E-state index is -0.890. The van der Waals surface area contributed by atoms with Gasteiger partial charge in [0, 0.05) is 11.6 Å². The Morgan fingerprint density at radius 3 is 2.26 bits per heavy atom. The van der Waals surface area contributed by atoms with Gasteiger partial charge in [-0.1, -0.05) is 11.6 Å². The first kappa shape index (κ1) is 13.7. The highest BCUT2D eigenvalue weighted by molar-refractivity contribution is 6.35. The molecule has 0 saturated carbocycles. The number of hydrogen-bond donors (Lipinski definition) is 0. The number of carbonyl (C=O) groups excluding carboxylic acids is 1. The topological polar surface area (TPSA) is 17.1 Å². The van der Waals surface area contributed by atoms with E-state index in [1.165, 1.54) is 0 Å². The molecule has 0 saturated heterocycles. The minimum Gasteiger partial charge on any atom is -0.288 e. The molecule has 1 nitrogen and oxygen atoms in total. The van der Waals surface area contributed by atoms with E-state index in [0.29, 0.717) is 6.07 Å². The fraction of sp³-hybridized carbons (Fsp3) is 0.133. The average Bonchev–Trinajstić information content (AvgIpc) is 2.33. The van der Waals surface area contributed by atoms with E-state index in [4.69, 9.17) is 11.6 Å². The molecule has 0 N–H and O–H groups in total. The van der Waals surface area contributed by atoms with Crippen molar-refractivity contribution in [3.63, 3.8) is 0 Å². The molecule has 0 aliphatic rings. The lowest BCUT2D eigenvalue weighted by Gasteiger charge is -2.08. The summed E-state index contributed by atoms with van der Waals surface area (Å²) in [7, 11) is 0. The van der Waals surface area contributed by atoms with E-state index in [0.717, 1.165) is 23.3 Å². The van der Waals surface area contributed by atoms with Crippen molar-refractivity contribution in [3.05, 3.63) is 69.2 Å². The number of carbonyl (C=O) groups is 1. The Balaban J connectivity index is 2.53. The summed E-state index contributed by atoms with van der Waals surface area (Å²) in [5, 5.41) is 0.261. The van der Waals surface area contributed by atoms with E-state index >= 15 is 0 Å². The van der Waals surface area contributed by atoms with Crippen LogP contribution in [0.15, 0.2) is 30.3 Å². The average molecular weight is 281 g/mol. The molecule has 0 amide bonds. The molecule has 0 aliphatic heterocycles. The standard InChI is InChI=1S/C15H11ClF2O/c1-8-5-12(13(16)6-9(8)2)15(19)11-4-3-10(17)7-14(11)18/h3-7H,1-2H3. The molecular formula is C15H11ClF2O. The van der Waals surface area contributed by atoms with Crippen LogP contribution in [0.25, 0.3) is 0 Å². The van der Waals surface area contributed by atoms with Crippen molar-refractivity contribution >= 4 is 17.4 Å². The highest BCUT2D eigenvalue weighted by Gasteiger charge is 2.18. The summed E-state index contributed by atoms with van der Waals surface area (Å²) in [5.74, 6) is -2.16. The first-order chi connectivity index (χ1) is 8.90. The zero-order valence-corrected chi connectivity index (χ0v) is 11.2. The summed E-state index contributed by atoms with van der Waals surface area (Å²) in [6.07, 6.45) is 0. The Morgan fingerprint density at radius 2 is 1.63 bits per heavy atom. The van der Waals surface area contributed by atoms with Crippen molar-refractivity contribution in [1.82, 2.24) is 0 Å². The molecule has 2 rings (SSSR count). The Labute approximate surface area is 114 Å². The molecule has 19 heavy (non-hydrogen) atoms. The molecule has 0 spiro atoms. The van der Waals surface area contributed by atoms with Crippen LogP contribution >= 0.6 is 11.6 Å². The van der Waals surface area contributed by atoms with Gasteiger partial charge < -0.3 is 0 Å². The van der Waals surface area contributed by atoms with E-state index in [9.17, 15) is 13.6 Å². The smallest absolute Gasteiger partial charge is 0.197 e. The molecule has 0 atom stereocenters. The lowest BCUT2D eigenvalue weighted by Crippen LogP contribution is -2.06. The third-order valence-corrected chi connectivity index (χ3v) is 3.32. The molecule has 98 valence electrons. The summed E-state index contributed by atoms with van der Waals surface area (Å²) in [6, 6.07) is 6.13. The third kappa shape index (κ3) is 2.66. The summed E-state index contributed by atoms with van der Waals surface area (Å²) >= 11 is 6.01. The van der Waals surface area contributed by atoms with Crippen LogP contribution in [-0.2, 0) is 0 Å². The highest BCUT2D eigenvalue weighted by Crippen LogP contribution is 2.24. The van der Waals surface area contributed by atoms with E-state index in [1.807, 2.05) is 13.8 Å². The van der Waals surface area contributed by atoms with Crippen LogP contribution in [0.5, 0.6) is 0 Å². The maximum absolute atomic E-state index is 13.6. The lowest BCUT2D eigenvalue weighted by molar-refractivity contribution is 0.103. The number of ketones is 1. The zero-order valence-electron chi connectivity index (χ0n) is 10.4. The van der Waals surface area contributed by atoms with Gasteiger partial charge in [-0.2, -0.15) is 0 Å². The van der Waals surface area contributed by atoms with E-state index in [2.05, 4.69) is 0 Å². The molecule has 0 heterocycles. The second kappa shape index (κ2) is 5.10. The Bertz CT molecular complexity index is 665. The first-order valence-electron chi connectivity index (χ1n) is 5.66. The van der Waals surface area contributed by atoms with Gasteiger partial charge in [0.1, 0.15) is 11.6 Å². The van der Waals surface area contributed by atoms with Crippen LogP contribution in [0.3, 0.4) is 0 Å². The Hall–Kier alpha value is -1.74. The van der Waals surface area contributed by atoms with E-state index in [-0.39, 0.29) is 16.1 Å². The predicted octanol–water partition coefficient (Wildman–Crippen LogP) is 4.47. The monoisotopic (exact) mass is 280 g/mol. The molecule has 0 aliphatic carbocycles. The molecule has 0 fully saturated rings. The number of aryl methyl sites for hydroxylation is 2. The lowest BCUT2D eigenvalue weighted by atomic mass is 9.99. The van der Waals surface area contributed by atoms with Gasteiger partial charge in [-0.05, 0) is 49.2 Å². The van der Waals surface area contributed by atoms with E-state index in [1.54, 1.807) is 12.1 Å². The third-order valence-electron chi connectivity index (χ3n) is 3.00. The molecule has 0 unspecified atom stereocenters. The summed E-state index contributed by atoms with van der Waals surface area (Å²) in [5.41, 5.74) is 1.86. The molecular weight excluding hydrogens is 270 g/mol. The van der Waals surface area contributed by atoms with Crippen LogP contribution in [-0.4, -0.2) is 5.78 Å². The molecule has 0 radical (unpaired) electrons. The predicted molar refractivity (Wildman–Crippen MR) is 70.7 cm³/mol. The van der Waals surface area contributed by atoms with Crippen molar-refractivity contribution in [2.75, 3.05) is 0 Å². The number of halogens is 3. The van der Waals surface area contributed by atoms with Crippen LogP contribution in [0.4, 0.5) is 8.78 Å². The van der Waals surface area contributed by atoms with Crippen LogP contribution in [0, 0.1) is 25.5 Å². The fourth-order valence-electron chi connectivity index (χ4n) is 1.77. The molecule has 4 heteroatoms. The molecule has 2 aromatic carbocycles. The van der Waals surface area contributed by atoms with E-state index < -0.39 is 17.4 Å². The molecule has 0 aromatic heterocycles. The first-order valence-corrected chi connectivity index (χ1v) is 6.04. The minimum absolute atomic E-state index is 0.188. The van der Waals surface area contributed by atoms with Crippen LogP contribution in [0.2, 0.25) is 5.02 Å². The number of hydrogen-bond acceptors (Lipinski definition) is 1. The van der Waals surface area contributed by atoms with Crippen LogP contribution in [0.1, 0.15) is 27.0 Å². The largest absolute Gasteiger partial charge is 0.288 e. The van der Waals surface area contributed by atoms with Gasteiger partial charge in [0.2, 0.25) is 0 Å². The second-order valence-electron chi connectivity index (χ2n) is 4.37. The van der Waals surface area contributed by atoms with Crippen molar-refractivity contribution in [2.24, 2.45) is 0 Å². The molecule has 0 bridgehead atoms. The molecule has 2 aromatic rings. The van der Waals surface area contributed by atoms with Crippen molar-refractivity contribution in [3.8, 4) is 0 Å². The normalized spacial score (nSPS) is 10.6. The van der Waals surface area contributed by atoms with Crippen molar-refractivity contribution in [1.29, 1.82) is 0 Å². The summed E-state index contributed by atoms with van der Waals surface area (Å²) in [4.78, 5) is 12.2. The van der Waals surface area contributed by atoms with Gasteiger partial charge in [-0.15, -0.1) is 0 Å². The maximum atomic E-state index is 13.6. The SMILES string of the molecule is Cc1cc(Cl)c(C(=O)c2ccc(F)cc2F)cc1C. The van der Waals surface area contributed by atoms with Crippen LogP contribution < -0.4 is 0 Å². The maximum Gasteiger partial charge on any atom is 0.197 e. The summed E-state index contributed by atoms with van der Waals surface area (Å²) in [6.45, 7) is 3.71. The second-order valence-corrected chi connectivity index (χ2v) is 4.78. The van der Waals surface area contributed by atoms with Gasteiger partial charge in [-0.25, -0.2) is 8.78 Å². The van der Waals surface area contributed by atoms with Crippen molar-refractivity contribution < 1.29 is 13.6 Å². The Kier molecular flexibility index (Phi) is 3.67. The van der Waals surface area contributed by atoms with Gasteiger partial charge >= 0.3 is 0 Å². The van der Waals surface area contributed by atoms with Gasteiger partial charge in [0.25, 0.3) is 0 Å². The fourth-order valence-corrected chi connectivity index (χ4v) is 2.08. The number of benzene rings is 2. The van der Waals surface area contributed by atoms with Crippen molar-refractivity contribution in [2.45, 2.75) is 13.8 Å². The summed E-state index contributed by atoms with van der Waals surface area (Å²) < 4.78 is 26.4. The van der Waals surface area contributed by atoms with Gasteiger partial charge in [0.15, 0.2) is 5.78 Å². The quantitative estimate of drug-likeness (QED) is 0.742.